The van der Waals surface area contributed by atoms with Crippen molar-refractivity contribution in [1.29, 1.82) is 0 Å². The molecule has 0 aromatic carbocycles. The van der Waals surface area contributed by atoms with Crippen molar-refractivity contribution < 1.29 is 4.74 Å². The zero-order valence-electron chi connectivity index (χ0n) is 9.40. The molecule has 5 heteroatoms. The van der Waals surface area contributed by atoms with E-state index in [1.807, 2.05) is 7.05 Å². The van der Waals surface area contributed by atoms with Crippen LogP contribution in [0.4, 0.5) is 5.82 Å². The monoisotopic (exact) mass is 285 g/mol. The number of aromatic nitrogens is 2. The minimum absolute atomic E-state index is 0.753. The molecule has 88 valence electrons. The summed E-state index contributed by atoms with van der Waals surface area (Å²) in [7, 11) is 2.01. The number of halogens is 1. The molecule has 0 aliphatic heterocycles. The first-order valence-electron chi connectivity index (χ1n) is 5.52. The van der Waals surface area contributed by atoms with Crippen molar-refractivity contribution in [2.24, 2.45) is 5.92 Å². The van der Waals surface area contributed by atoms with E-state index in [0.717, 1.165) is 36.0 Å². The molecule has 4 nitrogen and oxygen atoms in total. The molecule has 16 heavy (non-hydrogen) atoms. The third-order valence-corrected chi connectivity index (χ3v) is 3.19. The molecule has 1 fully saturated rings. The second-order valence-corrected chi connectivity index (χ2v) is 4.99. The molecule has 0 radical (unpaired) electrons. The van der Waals surface area contributed by atoms with Gasteiger partial charge in [-0.15, -0.1) is 0 Å². The molecule has 0 spiro atoms. The second kappa shape index (κ2) is 5.59. The average molecular weight is 286 g/mol. The lowest BCUT2D eigenvalue weighted by Crippen LogP contribution is -2.24. The highest BCUT2D eigenvalue weighted by molar-refractivity contribution is 9.10. The molecule has 0 atom stereocenters. The summed E-state index contributed by atoms with van der Waals surface area (Å²) in [4.78, 5) is 10.2. The molecule has 1 aliphatic carbocycles. The van der Waals surface area contributed by atoms with Crippen LogP contribution < -0.4 is 4.90 Å². The zero-order chi connectivity index (χ0) is 11.4. The maximum Gasteiger partial charge on any atom is 0.146 e. The quantitative estimate of drug-likeness (QED) is 0.751. The van der Waals surface area contributed by atoms with Crippen LogP contribution in [0.3, 0.4) is 0 Å². The highest BCUT2D eigenvalue weighted by Crippen LogP contribution is 2.28. The van der Waals surface area contributed by atoms with Crippen molar-refractivity contribution >= 4 is 21.7 Å². The van der Waals surface area contributed by atoms with Crippen molar-refractivity contribution in [2.45, 2.75) is 12.8 Å². The molecule has 2 rings (SSSR count). The van der Waals surface area contributed by atoms with Gasteiger partial charge in [0.1, 0.15) is 12.1 Å². The van der Waals surface area contributed by atoms with E-state index in [9.17, 15) is 0 Å². The first kappa shape index (κ1) is 11.8. The lowest BCUT2D eigenvalue weighted by Gasteiger charge is -2.18. The fourth-order valence-corrected chi connectivity index (χ4v) is 1.95. The van der Waals surface area contributed by atoms with Crippen LogP contribution in [0.1, 0.15) is 12.8 Å². The predicted molar refractivity (Wildman–Crippen MR) is 66.5 cm³/mol. The molecule has 1 saturated carbocycles. The molecule has 0 amide bonds. The second-order valence-electron chi connectivity index (χ2n) is 4.13. The van der Waals surface area contributed by atoms with Gasteiger partial charge in [0, 0.05) is 26.4 Å². The highest BCUT2D eigenvalue weighted by Gasteiger charge is 2.21. The van der Waals surface area contributed by atoms with Gasteiger partial charge in [-0.2, -0.15) is 0 Å². The van der Waals surface area contributed by atoms with Gasteiger partial charge in [0.2, 0.25) is 0 Å². The van der Waals surface area contributed by atoms with Gasteiger partial charge in [-0.3, -0.25) is 0 Å². The Bertz CT molecular complexity index is 344. The molecule has 0 bridgehead atoms. The first-order valence-corrected chi connectivity index (χ1v) is 6.31. The number of hydrogen-bond acceptors (Lipinski definition) is 4. The Kier molecular flexibility index (Phi) is 4.12. The Balaban J connectivity index is 1.73. The summed E-state index contributed by atoms with van der Waals surface area (Å²) in [6.07, 6.45) is 5.99. The van der Waals surface area contributed by atoms with Crippen molar-refractivity contribution in [3.05, 3.63) is 17.0 Å². The number of anilines is 1. The number of rotatable bonds is 6. The van der Waals surface area contributed by atoms with Gasteiger partial charge in [0.15, 0.2) is 0 Å². The van der Waals surface area contributed by atoms with E-state index in [1.165, 1.54) is 12.8 Å². The van der Waals surface area contributed by atoms with E-state index in [-0.39, 0.29) is 0 Å². The van der Waals surface area contributed by atoms with Gasteiger partial charge in [-0.05, 0) is 34.7 Å². The Hall–Kier alpha value is -0.680. The molecular formula is C11H16BrN3O. The number of ether oxygens (including phenoxy) is 1. The van der Waals surface area contributed by atoms with Crippen molar-refractivity contribution in [3.63, 3.8) is 0 Å². The Morgan fingerprint density at radius 1 is 1.56 bits per heavy atom. The van der Waals surface area contributed by atoms with Crippen LogP contribution in [0.5, 0.6) is 0 Å². The SMILES string of the molecule is CN(CCOCC1CC1)c1ncncc1Br. The third-order valence-electron chi connectivity index (χ3n) is 2.63. The third kappa shape index (κ3) is 3.42. The lowest BCUT2D eigenvalue weighted by molar-refractivity contribution is 0.130. The van der Waals surface area contributed by atoms with E-state index in [4.69, 9.17) is 4.74 Å². The van der Waals surface area contributed by atoms with Crippen LogP contribution in [0.25, 0.3) is 0 Å². The van der Waals surface area contributed by atoms with E-state index in [2.05, 4.69) is 30.8 Å². The van der Waals surface area contributed by atoms with Gasteiger partial charge < -0.3 is 9.64 Å². The fourth-order valence-electron chi connectivity index (χ4n) is 1.43. The number of nitrogens with zero attached hydrogens (tertiary/aromatic N) is 3. The minimum Gasteiger partial charge on any atom is -0.379 e. The fraction of sp³-hybridized carbons (Fsp3) is 0.636. The predicted octanol–water partition coefficient (Wildman–Crippen LogP) is 2.10. The van der Waals surface area contributed by atoms with Crippen LogP contribution in [0.15, 0.2) is 17.0 Å². The maximum absolute atomic E-state index is 5.59. The standard InChI is InChI=1S/C11H16BrN3O/c1-15(4-5-16-7-9-2-3-9)11-10(12)6-13-8-14-11/h6,8-9H,2-5,7H2,1H3. The summed E-state index contributed by atoms with van der Waals surface area (Å²) < 4.78 is 6.51. The molecule has 1 aliphatic rings. The summed E-state index contributed by atoms with van der Waals surface area (Å²) in [6, 6.07) is 0. The van der Waals surface area contributed by atoms with Crippen LogP contribution >= 0.6 is 15.9 Å². The minimum atomic E-state index is 0.753. The van der Waals surface area contributed by atoms with Gasteiger partial charge >= 0.3 is 0 Å². The molecule has 0 N–H and O–H groups in total. The Morgan fingerprint density at radius 2 is 2.38 bits per heavy atom. The summed E-state index contributed by atoms with van der Waals surface area (Å²) in [5.74, 6) is 1.74. The van der Waals surface area contributed by atoms with Crippen LogP contribution in [-0.4, -0.2) is 36.8 Å². The molecule has 1 heterocycles. The van der Waals surface area contributed by atoms with E-state index < -0.39 is 0 Å². The summed E-state index contributed by atoms with van der Waals surface area (Å²) in [5, 5.41) is 0. The summed E-state index contributed by atoms with van der Waals surface area (Å²) in [5.41, 5.74) is 0. The molecular weight excluding hydrogens is 270 g/mol. The highest BCUT2D eigenvalue weighted by atomic mass is 79.9. The van der Waals surface area contributed by atoms with E-state index >= 15 is 0 Å². The van der Waals surface area contributed by atoms with Gasteiger partial charge in [0.05, 0.1) is 11.1 Å². The van der Waals surface area contributed by atoms with Crippen LogP contribution in [-0.2, 0) is 4.74 Å². The lowest BCUT2D eigenvalue weighted by atomic mass is 10.4. The molecule has 0 saturated heterocycles. The Labute approximate surface area is 104 Å². The Morgan fingerprint density at radius 3 is 3.06 bits per heavy atom. The van der Waals surface area contributed by atoms with Gasteiger partial charge in [0.25, 0.3) is 0 Å². The van der Waals surface area contributed by atoms with Crippen LogP contribution in [0, 0.1) is 5.92 Å². The number of hydrogen-bond donors (Lipinski definition) is 0. The average Bonchev–Trinajstić information content (AvgIpc) is 3.08. The van der Waals surface area contributed by atoms with E-state index in [1.54, 1.807) is 12.5 Å². The molecule has 1 aromatic heterocycles. The van der Waals surface area contributed by atoms with Crippen molar-refractivity contribution in [2.75, 3.05) is 31.7 Å². The normalized spacial score (nSPS) is 15.1. The summed E-state index contributed by atoms with van der Waals surface area (Å²) >= 11 is 3.43. The molecule has 1 aromatic rings. The van der Waals surface area contributed by atoms with E-state index in [0.29, 0.717) is 0 Å². The number of likely N-dealkylation sites (N-methyl/N-ethyl adjacent to an activating group) is 1. The van der Waals surface area contributed by atoms with Crippen molar-refractivity contribution in [3.8, 4) is 0 Å². The summed E-state index contributed by atoms with van der Waals surface area (Å²) in [6.45, 7) is 2.52. The topological polar surface area (TPSA) is 38.2 Å². The molecule has 0 unspecified atom stereocenters. The maximum atomic E-state index is 5.59. The zero-order valence-corrected chi connectivity index (χ0v) is 11.0. The largest absolute Gasteiger partial charge is 0.379 e. The first-order chi connectivity index (χ1) is 7.77. The van der Waals surface area contributed by atoms with Gasteiger partial charge in [-0.25, -0.2) is 9.97 Å². The van der Waals surface area contributed by atoms with Crippen LogP contribution in [0.2, 0.25) is 0 Å². The van der Waals surface area contributed by atoms with Gasteiger partial charge in [-0.1, -0.05) is 0 Å². The smallest absolute Gasteiger partial charge is 0.146 e. The van der Waals surface area contributed by atoms with Crippen molar-refractivity contribution in [1.82, 2.24) is 9.97 Å².